The lowest BCUT2D eigenvalue weighted by Crippen LogP contribution is -2.27. The lowest BCUT2D eigenvalue weighted by Gasteiger charge is -2.06. The van der Waals surface area contributed by atoms with Crippen LogP contribution in [0.15, 0.2) is 24.3 Å². The van der Waals surface area contributed by atoms with Gasteiger partial charge in [-0.1, -0.05) is 18.2 Å². The Morgan fingerprint density at radius 3 is 2.88 bits per heavy atom. The number of nitrogens with one attached hydrogen (secondary N) is 1. The second-order valence-electron chi connectivity index (χ2n) is 3.54. The maximum absolute atomic E-state index is 11.4. The van der Waals surface area contributed by atoms with Crippen molar-refractivity contribution in [2.24, 2.45) is 0 Å². The van der Waals surface area contributed by atoms with Crippen molar-refractivity contribution in [1.82, 2.24) is 5.32 Å². The van der Waals surface area contributed by atoms with Crippen molar-refractivity contribution < 1.29 is 9.53 Å². The fraction of sp³-hybridized carbons (Fsp3) is 0.417. The second-order valence-corrected chi connectivity index (χ2v) is 3.54. The fourth-order valence-electron chi connectivity index (χ4n) is 1.39. The zero-order valence-corrected chi connectivity index (χ0v) is 9.53. The van der Waals surface area contributed by atoms with Crippen LogP contribution >= 0.6 is 0 Å². The van der Waals surface area contributed by atoms with Gasteiger partial charge in [-0.25, -0.2) is 0 Å². The number of benzene rings is 1. The topological polar surface area (TPSA) is 64.3 Å². The molecule has 0 saturated heterocycles. The molecule has 0 radical (unpaired) electrons. The van der Waals surface area contributed by atoms with Gasteiger partial charge in [0.15, 0.2) is 0 Å². The molecule has 88 valence electrons. The highest BCUT2D eigenvalue weighted by molar-refractivity contribution is 5.76. The number of nitrogen functional groups attached to an aromatic ring is 1. The van der Waals surface area contributed by atoms with Crippen LogP contribution in [0.1, 0.15) is 12.0 Å². The number of hydrogen-bond donors (Lipinski definition) is 2. The predicted octanol–water partition coefficient (Wildman–Crippen LogP) is 0.964. The van der Waals surface area contributed by atoms with Gasteiger partial charge in [0.25, 0.3) is 0 Å². The number of para-hydroxylation sites is 1. The van der Waals surface area contributed by atoms with E-state index >= 15 is 0 Å². The van der Waals surface area contributed by atoms with E-state index in [0.29, 0.717) is 26.0 Å². The molecule has 3 N–H and O–H groups in total. The standard InChI is InChI=1S/C12H18N2O2/c1-16-9-8-14-12(15)7-6-10-4-2-3-5-11(10)13/h2-5H,6-9,13H2,1H3,(H,14,15). The average Bonchev–Trinajstić information content (AvgIpc) is 2.28. The summed E-state index contributed by atoms with van der Waals surface area (Å²) in [4.78, 5) is 11.4. The Morgan fingerprint density at radius 1 is 1.44 bits per heavy atom. The molecule has 0 atom stereocenters. The molecule has 4 heteroatoms. The molecule has 0 aromatic heterocycles. The number of carbonyl (C=O) groups is 1. The van der Waals surface area contributed by atoms with Crippen molar-refractivity contribution in [3.8, 4) is 0 Å². The van der Waals surface area contributed by atoms with Crippen molar-refractivity contribution in [2.75, 3.05) is 26.0 Å². The molecular weight excluding hydrogens is 204 g/mol. The summed E-state index contributed by atoms with van der Waals surface area (Å²) >= 11 is 0. The molecule has 4 nitrogen and oxygen atoms in total. The molecule has 0 heterocycles. The van der Waals surface area contributed by atoms with Crippen molar-refractivity contribution >= 4 is 11.6 Å². The smallest absolute Gasteiger partial charge is 0.220 e. The number of ether oxygens (including phenoxy) is 1. The predicted molar refractivity (Wildman–Crippen MR) is 64.1 cm³/mol. The normalized spacial score (nSPS) is 10.1. The van der Waals surface area contributed by atoms with E-state index in [1.54, 1.807) is 7.11 Å². The van der Waals surface area contributed by atoms with Crippen LogP contribution in [0.4, 0.5) is 5.69 Å². The van der Waals surface area contributed by atoms with E-state index in [-0.39, 0.29) is 5.91 Å². The number of anilines is 1. The van der Waals surface area contributed by atoms with Gasteiger partial charge in [-0.05, 0) is 18.1 Å². The Balaban J connectivity index is 2.29. The Labute approximate surface area is 95.8 Å². The molecule has 0 bridgehead atoms. The van der Waals surface area contributed by atoms with Crippen molar-refractivity contribution in [1.29, 1.82) is 0 Å². The van der Waals surface area contributed by atoms with Crippen LogP contribution in [0.3, 0.4) is 0 Å². The van der Waals surface area contributed by atoms with E-state index in [4.69, 9.17) is 10.5 Å². The molecular formula is C12H18N2O2. The first-order chi connectivity index (χ1) is 7.74. The molecule has 0 aliphatic carbocycles. The third-order valence-electron chi connectivity index (χ3n) is 2.30. The minimum Gasteiger partial charge on any atom is -0.399 e. The van der Waals surface area contributed by atoms with Gasteiger partial charge < -0.3 is 15.8 Å². The highest BCUT2D eigenvalue weighted by Crippen LogP contribution is 2.12. The van der Waals surface area contributed by atoms with E-state index < -0.39 is 0 Å². The van der Waals surface area contributed by atoms with Gasteiger partial charge >= 0.3 is 0 Å². The first-order valence-electron chi connectivity index (χ1n) is 5.33. The van der Waals surface area contributed by atoms with Gasteiger partial charge in [0.1, 0.15) is 0 Å². The third kappa shape index (κ3) is 4.31. The van der Waals surface area contributed by atoms with E-state index in [1.807, 2.05) is 24.3 Å². The average molecular weight is 222 g/mol. The van der Waals surface area contributed by atoms with Gasteiger partial charge in [0.05, 0.1) is 6.61 Å². The van der Waals surface area contributed by atoms with Gasteiger partial charge in [0, 0.05) is 25.8 Å². The summed E-state index contributed by atoms with van der Waals surface area (Å²) in [5, 5.41) is 2.77. The lowest BCUT2D eigenvalue weighted by molar-refractivity contribution is -0.121. The van der Waals surface area contributed by atoms with Crippen LogP contribution in [0.2, 0.25) is 0 Å². The first kappa shape index (κ1) is 12.5. The summed E-state index contributed by atoms with van der Waals surface area (Å²) < 4.78 is 4.84. The van der Waals surface area contributed by atoms with Crippen molar-refractivity contribution in [2.45, 2.75) is 12.8 Å². The van der Waals surface area contributed by atoms with Crippen molar-refractivity contribution in [3.63, 3.8) is 0 Å². The van der Waals surface area contributed by atoms with E-state index in [0.717, 1.165) is 11.3 Å². The van der Waals surface area contributed by atoms with Crippen LogP contribution in [-0.2, 0) is 16.0 Å². The Morgan fingerprint density at radius 2 is 2.19 bits per heavy atom. The monoisotopic (exact) mass is 222 g/mol. The summed E-state index contributed by atoms with van der Waals surface area (Å²) in [5.74, 6) is 0.0281. The van der Waals surface area contributed by atoms with Crippen LogP contribution in [0, 0.1) is 0 Å². The van der Waals surface area contributed by atoms with E-state index in [2.05, 4.69) is 5.32 Å². The Hall–Kier alpha value is -1.55. The van der Waals surface area contributed by atoms with Crippen LogP contribution in [-0.4, -0.2) is 26.2 Å². The molecule has 0 fully saturated rings. The molecule has 1 amide bonds. The summed E-state index contributed by atoms with van der Waals surface area (Å²) in [5.41, 5.74) is 7.54. The SMILES string of the molecule is COCCNC(=O)CCc1ccccc1N. The molecule has 16 heavy (non-hydrogen) atoms. The van der Waals surface area contributed by atoms with Crippen LogP contribution in [0.5, 0.6) is 0 Å². The molecule has 0 spiro atoms. The Kier molecular flexibility index (Phi) is 5.36. The van der Waals surface area contributed by atoms with E-state index in [9.17, 15) is 4.79 Å². The minimum atomic E-state index is 0.0281. The zero-order chi connectivity index (χ0) is 11.8. The number of amides is 1. The highest BCUT2D eigenvalue weighted by atomic mass is 16.5. The molecule has 0 unspecified atom stereocenters. The number of rotatable bonds is 6. The van der Waals surface area contributed by atoms with Gasteiger partial charge in [-0.2, -0.15) is 0 Å². The maximum Gasteiger partial charge on any atom is 0.220 e. The quantitative estimate of drug-likeness (QED) is 0.556. The third-order valence-corrected chi connectivity index (χ3v) is 2.30. The summed E-state index contributed by atoms with van der Waals surface area (Å²) in [6, 6.07) is 7.60. The zero-order valence-electron chi connectivity index (χ0n) is 9.53. The molecule has 0 saturated carbocycles. The first-order valence-corrected chi connectivity index (χ1v) is 5.33. The minimum absolute atomic E-state index is 0.0281. The molecule has 1 rings (SSSR count). The lowest BCUT2D eigenvalue weighted by atomic mass is 10.1. The maximum atomic E-state index is 11.4. The van der Waals surface area contributed by atoms with Gasteiger partial charge in [0.2, 0.25) is 5.91 Å². The molecule has 0 aliphatic rings. The summed E-state index contributed by atoms with van der Waals surface area (Å²) in [6.07, 6.45) is 1.13. The van der Waals surface area contributed by atoms with Gasteiger partial charge in [-0.3, -0.25) is 4.79 Å². The number of aryl methyl sites for hydroxylation is 1. The fourth-order valence-corrected chi connectivity index (χ4v) is 1.39. The van der Waals surface area contributed by atoms with Gasteiger partial charge in [-0.15, -0.1) is 0 Å². The second kappa shape index (κ2) is 6.85. The Bertz CT molecular complexity index is 340. The summed E-state index contributed by atoms with van der Waals surface area (Å²) in [7, 11) is 1.61. The molecule has 1 aromatic carbocycles. The van der Waals surface area contributed by atoms with Crippen molar-refractivity contribution in [3.05, 3.63) is 29.8 Å². The van der Waals surface area contributed by atoms with Crippen LogP contribution in [0.25, 0.3) is 0 Å². The van der Waals surface area contributed by atoms with Crippen LogP contribution < -0.4 is 11.1 Å². The number of carbonyl (C=O) groups excluding carboxylic acids is 1. The number of methoxy groups -OCH3 is 1. The van der Waals surface area contributed by atoms with E-state index in [1.165, 1.54) is 0 Å². The number of nitrogens with two attached hydrogens (primary N) is 1. The highest BCUT2D eigenvalue weighted by Gasteiger charge is 2.03. The summed E-state index contributed by atoms with van der Waals surface area (Å²) in [6.45, 7) is 1.10. The molecule has 1 aromatic rings. The number of hydrogen-bond acceptors (Lipinski definition) is 3. The largest absolute Gasteiger partial charge is 0.399 e. The molecule has 0 aliphatic heterocycles.